The van der Waals surface area contributed by atoms with Gasteiger partial charge in [0.05, 0.1) is 24.0 Å². The molecule has 4 heterocycles. The van der Waals surface area contributed by atoms with Crippen LogP contribution in [0.2, 0.25) is 0 Å². The lowest BCUT2D eigenvalue weighted by Crippen LogP contribution is -2.52. The summed E-state index contributed by atoms with van der Waals surface area (Å²) in [6, 6.07) is 10.3. The predicted octanol–water partition coefficient (Wildman–Crippen LogP) is 2.48. The van der Waals surface area contributed by atoms with Crippen molar-refractivity contribution >= 4 is 32.6 Å². The zero-order valence-corrected chi connectivity index (χ0v) is 15.7. The van der Waals surface area contributed by atoms with Gasteiger partial charge in [0, 0.05) is 25.8 Å². The molecule has 2 aliphatic heterocycles. The van der Waals surface area contributed by atoms with Crippen LogP contribution in [0.3, 0.4) is 0 Å². The second kappa shape index (κ2) is 6.90. The number of anilines is 1. The highest BCUT2D eigenvalue weighted by molar-refractivity contribution is 7.22. The number of benzene rings is 1. The van der Waals surface area contributed by atoms with E-state index in [0.717, 1.165) is 34.9 Å². The Labute approximate surface area is 161 Å². The van der Waals surface area contributed by atoms with Gasteiger partial charge in [0.25, 0.3) is 5.91 Å². The van der Waals surface area contributed by atoms with E-state index in [1.54, 1.807) is 23.7 Å². The molecule has 5 rings (SSSR count). The summed E-state index contributed by atoms with van der Waals surface area (Å²) in [4.78, 5) is 26.0. The minimum Gasteiger partial charge on any atom is -0.365 e. The summed E-state index contributed by atoms with van der Waals surface area (Å²) >= 11 is 1.64. The predicted molar refractivity (Wildman–Crippen MR) is 105 cm³/mol. The van der Waals surface area contributed by atoms with E-state index in [9.17, 15) is 4.79 Å². The minimum atomic E-state index is -0.436. The number of ether oxygens (including phenoxy) is 1. The van der Waals surface area contributed by atoms with Crippen LogP contribution in [0.5, 0.6) is 0 Å². The van der Waals surface area contributed by atoms with Crippen LogP contribution >= 0.6 is 11.3 Å². The number of morpholine rings is 1. The zero-order chi connectivity index (χ0) is 18.2. The van der Waals surface area contributed by atoms with Gasteiger partial charge in [-0.15, -0.1) is 0 Å². The fraction of sp³-hybridized carbons (Fsp3) is 0.350. The Morgan fingerprint density at radius 3 is 2.96 bits per heavy atom. The SMILES string of the molecule is O=C(C1CN(c2nc3cnccc3s2)CCO1)N1CCc2ccccc2C1. The van der Waals surface area contributed by atoms with Gasteiger partial charge in [0.1, 0.15) is 5.52 Å². The van der Waals surface area contributed by atoms with Gasteiger partial charge < -0.3 is 14.5 Å². The summed E-state index contributed by atoms with van der Waals surface area (Å²) in [6.07, 6.45) is 4.03. The van der Waals surface area contributed by atoms with Gasteiger partial charge in [-0.3, -0.25) is 9.78 Å². The lowest BCUT2D eigenvalue weighted by atomic mass is 9.99. The van der Waals surface area contributed by atoms with E-state index >= 15 is 0 Å². The average molecular weight is 380 g/mol. The largest absolute Gasteiger partial charge is 0.365 e. The summed E-state index contributed by atoms with van der Waals surface area (Å²) in [5.41, 5.74) is 3.48. The highest BCUT2D eigenvalue weighted by atomic mass is 32.1. The number of thiazole rings is 1. The van der Waals surface area contributed by atoms with Crippen LogP contribution in [0.15, 0.2) is 42.7 Å². The molecule has 1 atom stereocenters. The maximum atomic E-state index is 13.1. The van der Waals surface area contributed by atoms with Crippen LogP contribution in [0.25, 0.3) is 10.2 Å². The first-order valence-electron chi connectivity index (χ1n) is 9.20. The Bertz CT molecular complexity index is 956. The molecule has 1 aromatic carbocycles. The second-order valence-electron chi connectivity index (χ2n) is 6.92. The lowest BCUT2D eigenvalue weighted by Gasteiger charge is -2.36. The normalized spacial score (nSPS) is 19.9. The number of pyridine rings is 1. The van der Waals surface area contributed by atoms with Crippen LogP contribution < -0.4 is 4.90 Å². The van der Waals surface area contributed by atoms with Crippen LogP contribution in [0.4, 0.5) is 5.13 Å². The van der Waals surface area contributed by atoms with Crippen molar-refractivity contribution in [1.82, 2.24) is 14.9 Å². The number of hydrogen-bond donors (Lipinski definition) is 0. The van der Waals surface area contributed by atoms with Crippen molar-refractivity contribution in [3.8, 4) is 0 Å². The zero-order valence-electron chi connectivity index (χ0n) is 14.9. The van der Waals surface area contributed by atoms with E-state index in [2.05, 4.69) is 33.1 Å². The first-order chi connectivity index (χ1) is 13.3. The third kappa shape index (κ3) is 3.17. The summed E-state index contributed by atoms with van der Waals surface area (Å²) in [5.74, 6) is 0.0805. The first-order valence-corrected chi connectivity index (χ1v) is 10.0. The number of carbonyl (C=O) groups excluding carboxylic acids is 1. The molecule has 27 heavy (non-hydrogen) atoms. The topological polar surface area (TPSA) is 58.6 Å². The molecule has 0 saturated carbocycles. The molecule has 1 amide bonds. The van der Waals surface area contributed by atoms with Crippen LogP contribution in [-0.4, -0.2) is 53.1 Å². The Morgan fingerprint density at radius 2 is 2.07 bits per heavy atom. The van der Waals surface area contributed by atoms with Gasteiger partial charge in [-0.1, -0.05) is 35.6 Å². The monoisotopic (exact) mass is 380 g/mol. The highest BCUT2D eigenvalue weighted by Gasteiger charge is 2.32. The molecular weight excluding hydrogens is 360 g/mol. The maximum Gasteiger partial charge on any atom is 0.253 e. The van der Waals surface area contributed by atoms with Gasteiger partial charge in [-0.25, -0.2) is 4.98 Å². The average Bonchev–Trinajstić information content (AvgIpc) is 3.17. The molecule has 1 saturated heterocycles. The van der Waals surface area contributed by atoms with Crippen molar-refractivity contribution in [3.05, 3.63) is 53.9 Å². The fourth-order valence-electron chi connectivity index (χ4n) is 3.76. The number of rotatable bonds is 2. The lowest BCUT2D eigenvalue weighted by molar-refractivity contribution is -0.145. The second-order valence-corrected chi connectivity index (χ2v) is 7.93. The van der Waals surface area contributed by atoms with Crippen molar-refractivity contribution < 1.29 is 9.53 Å². The summed E-state index contributed by atoms with van der Waals surface area (Å²) in [6.45, 7) is 3.25. The number of hydrogen-bond acceptors (Lipinski definition) is 6. The van der Waals surface area contributed by atoms with Crippen LogP contribution in [0.1, 0.15) is 11.1 Å². The van der Waals surface area contributed by atoms with E-state index in [4.69, 9.17) is 4.74 Å². The Kier molecular flexibility index (Phi) is 4.26. The number of aromatic nitrogens is 2. The van der Waals surface area contributed by atoms with Crippen molar-refractivity contribution in [2.45, 2.75) is 19.1 Å². The molecule has 1 fully saturated rings. The minimum absolute atomic E-state index is 0.0805. The molecule has 0 N–H and O–H groups in total. The van der Waals surface area contributed by atoms with E-state index in [0.29, 0.717) is 19.7 Å². The molecule has 0 radical (unpaired) electrons. The maximum absolute atomic E-state index is 13.1. The van der Waals surface area contributed by atoms with Crippen molar-refractivity contribution in [2.24, 2.45) is 0 Å². The molecule has 0 aliphatic carbocycles. The van der Waals surface area contributed by atoms with E-state index in [1.165, 1.54) is 11.1 Å². The third-order valence-corrected chi connectivity index (χ3v) is 6.33. The molecule has 6 nitrogen and oxygen atoms in total. The molecule has 138 valence electrons. The summed E-state index contributed by atoms with van der Waals surface area (Å²) in [7, 11) is 0. The van der Waals surface area contributed by atoms with E-state index < -0.39 is 6.10 Å². The smallest absolute Gasteiger partial charge is 0.253 e. The molecule has 3 aromatic rings. The molecule has 2 aromatic heterocycles. The van der Waals surface area contributed by atoms with E-state index in [-0.39, 0.29) is 5.91 Å². The fourth-order valence-corrected chi connectivity index (χ4v) is 4.73. The standard InChI is InChI=1S/C20H20N4O2S/c25-19(23-8-6-14-3-1-2-4-15(14)12-23)17-13-24(9-10-26-17)20-22-16-11-21-7-5-18(16)27-20/h1-5,7,11,17H,6,8-10,12-13H2. The Balaban J connectivity index is 1.31. The van der Waals surface area contributed by atoms with Crippen LogP contribution in [0, 0.1) is 0 Å². The number of amides is 1. The third-order valence-electron chi connectivity index (χ3n) is 5.23. The molecule has 0 bridgehead atoms. The highest BCUT2D eigenvalue weighted by Crippen LogP contribution is 2.29. The molecule has 1 unspecified atom stereocenters. The Hall–Kier alpha value is -2.51. The van der Waals surface area contributed by atoms with Gasteiger partial charge in [-0.05, 0) is 23.6 Å². The quantitative estimate of drug-likeness (QED) is 0.684. The molecule has 2 aliphatic rings. The Morgan fingerprint density at radius 1 is 1.19 bits per heavy atom. The van der Waals surface area contributed by atoms with E-state index in [1.807, 2.05) is 17.0 Å². The summed E-state index contributed by atoms with van der Waals surface area (Å²) in [5, 5.41) is 0.933. The van der Waals surface area contributed by atoms with Crippen molar-refractivity contribution in [3.63, 3.8) is 0 Å². The number of nitrogens with zero attached hydrogens (tertiary/aromatic N) is 4. The first kappa shape index (κ1) is 16.6. The number of fused-ring (bicyclic) bond motifs is 2. The molecule has 0 spiro atoms. The summed E-state index contributed by atoms with van der Waals surface area (Å²) < 4.78 is 6.95. The van der Waals surface area contributed by atoms with Crippen LogP contribution in [-0.2, 0) is 22.5 Å². The van der Waals surface area contributed by atoms with Crippen molar-refractivity contribution in [2.75, 3.05) is 31.1 Å². The van der Waals surface area contributed by atoms with Gasteiger partial charge in [-0.2, -0.15) is 0 Å². The molecular formula is C20H20N4O2S. The van der Waals surface area contributed by atoms with Gasteiger partial charge in [0.2, 0.25) is 0 Å². The van der Waals surface area contributed by atoms with Gasteiger partial charge >= 0.3 is 0 Å². The molecule has 7 heteroatoms. The van der Waals surface area contributed by atoms with Gasteiger partial charge in [0.15, 0.2) is 11.2 Å². The van der Waals surface area contributed by atoms with Crippen molar-refractivity contribution in [1.29, 1.82) is 0 Å². The number of carbonyl (C=O) groups is 1.